The van der Waals surface area contributed by atoms with E-state index in [1.165, 1.54) is 11.3 Å². The number of nitrogens with one attached hydrogen (secondary N) is 2. The van der Waals surface area contributed by atoms with Crippen LogP contribution in [0.3, 0.4) is 0 Å². The first-order valence-electron chi connectivity index (χ1n) is 8.11. The molecule has 3 aromatic heterocycles. The van der Waals surface area contributed by atoms with E-state index in [0.29, 0.717) is 16.7 Å². The third-order valence-corrected chi connectivity index (χ3v) is 5.93. The highest BCUT2D eigenvalue weighted by molar-refractivity contribution is 7.14. The molecule has 1 aliphatic heterocycles. The van der Waals surface area contributed by atoms with E-state index in [9.17, 15) is 4.79 Å². The third kappa shape index (κ3) is 3.63. The van der Waals surface area contributed by atoms with Crippen molar-refractivity contribution in [1.29, 1.82) is 0 Å². The average molecular weight is 374 g/mol. The molecule has 0 radical (unpaired) electrons. The number of hydrogen-bond donors (Lipinski definition) is 2. The quantitative estimate of drug-likeness (QED) is 0.733. The summed E-state index contributed by atoms with van der Waals surface area (Å²) < 4.78 is 1.73. The van der Waals surface area contributed by atoms with Crippen LogP contribution in [0, 0.1) is 0 Å². The van der Waals surface area contributed by atoms with Crippen molar-refractivity contribution in [2.75, 3.05) is 18.4 Å². The molecule has 25 heavy (non-hydrogen) atoms. The van der Waals surface area contributed by atoms with E-state index in [4.69, 9.17) is 0 Å². The number of aromatic nitrogens is 4. The fourth-order valence-corrected chi connectivity index (χ4v) is 4.51. The molecule has 130 valence electrons. The number of rotatable bonds is 4. The number of thiazole rings is 2. The Labute approximate surface area is 153 Å². The smallest absolute Gasteiger partial charge is 0.276 e. The van der Waals surface area contributed by atoms with Crippen LogP contribution in [-0.2, 0) is 7.05 Å². The van der Waals surface area contributed by atoms with Gasteiger partial charge in [-0.15, -0.1) is 22.7 Å². The van der Waals surface area contributed by atoms with Gasteiger partial charge in [0, 0.05) is 35.5 Å². The van der Waals surface area contributed by atoms with Gasteiger partial charge in [0.1, 0.15) is 5.69 Å². The number of carbonyl (C=O) groups is 1. The molecule has 7 nitrogen and oxygen atoms in total. The van der Waals surface area contributed by atoms with Crippen molar-refractivity contribution in [3.05, 3.63) is 33.9 Å². The lowest BCUT2D eigenvalue weighted by atomic mass is 9.99. The van der Waals surface area contributed by atoms with Crippen LogP contribution in [-0.4, -0.2) is 38.7 Å². The van der Waals surface area contributed by atoms with Gasteiger partial charge in [-0.1, -0.05) is 0 Å². The van der Waals surface area contributed by atoms with Crippen molar-refractivity contribution in [3.63, 3.8) is 0 Å². The van der Waals surface area contributed by atoms with Crippen molar-refractivity contribution in [2.45, 2.75) is 18.8 Å². The summed E-state index contributed by atoms with van der Waals surface area (Å²) in [5.74, 6) is 0.258. The van der Waals surface area contributed by atoms with E-state index in [2.05, 4.69) is 25.7 Å². The van der Waals surface area contributed by atoms with E-state index in [0.717, 1.165) is 42.2 Å². The van der Waals surface area contributed by atoms with Gasteiger partial charge in [-0.25, -0.2) is 9.97 Å². The van der Waals surface area contributed by atoms with Crippen LogP contribution in [0.1, 0.15) is 34.3 Å². The lowest BCUT2D eigenvalue weighted by molar-refractivity contribution is 0.102. The van der Waals surface area contributed by atoms with Crippen molar-refractivity contribution >= 4 is 33.7 Å². The first-order chi connectivity index (χ1) is 12.2. The molecule has 0 atom stereocenters. The zero-order chi connectivity index (χ0) is 17.2. The summed E-state index contributed by atoms with van der Waals surface area (Å²) in [5.41, 5.74) is 2.21. The van der Waals surface area contributed by atoms with Gasteiger partial charge in [0.05, 0.1) is 16.9 Å². The fourth-order valence-electron chi connectivity index (χ4n) is 2.83. The van der Waals surface area contributed by atoms with E-state index in [-0.39, 0.29) is 5.91 Å². The fraction of sp³-hybridized carbons (Fsp3) is 0.375. The molecular formula is C16H18N6OS2. The molecule has 0 saturated carbocycles. The van der Waals surface area contributed by atoms with Crippen molar-refractivity contribution in [3.8, 4) is 11.3 Å². The van der Waals surface area contributed by atoms with Crippen LogP contribution < -0.4 is 10.6 Å². The molecule has 1 aliphatic rings. The predicted octanol–water partition coefficient (Wildman–Crippen LogP) is 2.72. The molecule has 1 saturated heterocycles. The Morgan fingerprint density at radius 1 is 1.28 bits per heavy atom. The number of anilines is 1. The molecule has 3 aromatic rings. The Morgan fingerprint density at radius 3 is 2.88 bits per heavy atom. The van der Waals surface area contributed by atoms with Crippen LogP contribution in [0.25, 0.3) is 11.3 Å². The Morgan fingerprint density at radius 2 is 2.12 bits per heavy atom. The second kappa shape index (κ2) is 7.03. The van der Waals surface area contributed by atoms with Crippen LogP contribution in [0.2, 0.25) is 0 Å². The second-order valence-corrected chi connectivity index (χ2v) is 7.74. The maximum absolute atomic E-state index is 12.4. The summed E-state index contributed by atoms with van der Waals surface area (Å²) in [6, 6.07) is 0. The van der Waals surface area contributed by atoms with Crippen molar-refractivity contribution in [2.24, 2.45) is 7.05 Å². The number of amides is 1. The largest absolute Gasteiger partial charge is 0.317 e. The van der Waals surface area contributed by atoms with Crippen LogP contribution in [0.5, 0.6) is 0 Å². The lowest BCUT2D eigenvalue weighted by Gasteiger charge is -2.20. The average Bonchev–Trinajstić information content (AvgIpc) is 3.35. The number of aryl methyl sites for hydroxylation is 1. The standard InChI is InChI=1S/C16H18N6OS2/c1-22-7-11(6-18-22)12-8-25-16(20-12)21-14(23)13-9-24-15(19-13)10-2-4-17-5-3-10/h6-10,17H,2-5H2,1H3,(H,20,21,23). The van der Waals surface area contributed by atoms with E-state index < -0.39 is 0 Å². The summed E-state index contributed by atoms with van der Waals surface area (Å²) in [6.45, 7) is 2.03. The second-order valence-electron chi connectivity index (χ2n) is 5.99. The lowest BCUT2D eigenvalue weighted by Crippen LogP contribution is -2.26. The van der Waals surface area contributed by atoms with Gasteiger partial charge in [-0.05, 0) is 25.9 Å². The molecule has 0 bridgehead atoms. The monoisotopic (exact) mass is 374 g/mol. The van der Waals surface area contributed by atoms with Gasteiger partial charge in [0.2, 0.25) is 0 Å². The molecule has 0 aliphatic carbocycles. The van der Waals surface area contributed by atoms with Crippen molar-refractivity contribution in [1.82, 2.24) is 25.1 Å². The Balaban J connectivity index is 1.43. The topological polar surface area (TPSA) is 84.7 Å². The molecule has 0 unspecified atom stereocenters. The molecule has 0 aromatic carbocycles. The Hall–Kier alpha value is -2.10. The highest BCUT2D eigenvalue weighted by Crippen LogP contribution is 2.29. The molecule has 9 heteroatoms. The number of nitrogens with zero attached hydrogens (tertiary/aromatic N) is 4. The van der Waals surface area contributed by atoms with Crippen LogP contribution >= 0.6 is 22.7 Å². The molecule has 1 amide bonds. The summed E-state index contributed by atoms with van der Waals surface area (Å²) in [6.07, 6.45) is 5.81. The highest BCUT2D eigenvalue weighted by Gasteiger charge is 2.20. The van der Waals surface area contributed by atoms with Crippen LogP contribution in [0.4, 0.5) is 5.13 Å². The van der Waals surface area contributed by atoms with E-state index in [1.807, 2.05) is 24.0 Å². The minimum absolute atomic E-state index is 0.205. The highest BCUT2D eigenvalue weighted by atomic mass is 32.1. The minimum atomic E-state index is -0.205. The first kappa shape index (κ1) is 16.4. The van der Waals surface area contributed by atoms with Crippen molar-refractivity contribution < 1.29 is 4.79 Å². The SMILES string of the molecule is Cn1cc(-c2csc(NC(=O)c3csc(C4CCNCC4)n3)n2)cn1. The van der Waals surface area contributed by atoms with Gasteiger partial charge in [0.25, 0.3) is 5.91 Å². The predicted molar refractivity (Wildman–Crippen MR) is 99.2 cm³/mol. The summed E-state index contributed by atoms with van der Waals surface area (Å²) in [5, 5.41) is 15.7. The third-order valence-electron chi connectivity index (χ3n) is 4.17. The van der Waals surface area contributed by atoms with Gasteiger partial charge in [-0.3, -0.25) is 14.8 Å². The summed E-state index contributed by atoms with van der Waals surface area (Å²) in [7, 11) is 1.86. The molecule has 2 N–H and O–H groups in total. The number of piperidine rings is 1. The number of carbonyl (C=O) groups excluding carboxylic acids is 1. The maximum atomic E-state index is 12.4. The van der Waals surface area contributed by atoms with E-state index >= 15 is 0 Å². The number of hydrogen-bond acceptors (Lipinski definition) is 7. The van der Waals surface area contributed by atoms with E-state index in [1.54, 1.807) is 22.2 Å². The minimum Gasteiger partial charge on any atom is -0.317 e. The van der Waals surface area contributed by atoms with Gasteiger partial charge in [0.15, 0.2) is 5.13 Å². The van der Waals surface area contributed by atoms with Gasteiger partial charge in [-0.2, -0.15) is 5.10 Å². The molecule has 4 rings (SSSR count). The maximum Gasteiger partial charge on any atom is 0.276 e. The molecular weight excluding hydrogens is 356 g/mol. The first-order valence-corrected chi connectivity index (χ1v) is 9.87. The normalized spacial score (nSPS) is 15.4. The zero-order valence-corrected chi connectivity index (χ0v) is 15.4. The zero-order valence-electron chi connectivity index (χ0n) is 13.7. The van der Waals surface area contributed by atoms with Gasteiger partial charge < -0.3 is 5.32 Å². The Bertz CT molecular complexity index is 877. The molecule has 1 fully saturated rings. The summed E-state index contributed by atoms with van der Waals surface area (Å²) in [4.78, 5) is 21.4. The summed E-state index contributed by atoms with van der Waals surface area (Å²) >= 11 is 2.97. The molecule has 4 heterocycles. The van der Waals surface area contributed by atoms with Gasteiger partial charge >= 0.3 is 0 Å². The Kier molecular flexibility index (Phi) is 4.60. The van der Waals surface area contributed by atoms with Crippen LogP contribution in [0.15, 0.2) is 23.2 Å². The molecule has 0 spiro atoms.